The maximum absolute atomic E-state index is 14.5. The third kappa shape index (κ3) is 6.80. The first-order valence-electron chi connectivity index (χ1n) is 10.0. The van der Waals surface area contributed by atoms with Crippen LogP contribution in [-0.4, -0.2) is 27.5 Å². The van der Waals surface area contributed by atoms with Crippen molar-refractivity contribution in [1.29, 1.82) is 0 Å². The van der Waals surface area contributed by atoms with Crippen LogP contribution in [0.3, 0.4) is 0 Å². The van der Waals surface area contributed by atoms with E-state index >= 15 is 0 Å². The van der Waals surface area contributed by atoms with Crippen LogP contribution in [0.2, 0.25) is 10.0 Å². The third-order valence-corrected chi connectivity index (χ3v) is 4.98. The predicted octanol–water partition coefficient (Wildman–Crippen LogP) is 7.07. The van der Waals surface area contributed by atoms with Gasteiger partial charge in [0.05, 0.1) is 16.8 Å². The van der Waals surface area contributed by atoms with Crippen molar-refractivity contribution in [3.05, 3.63) is 88.2 Å². The zero-order valence-electron chi connectivity index (χ0n) is 17.9. The highest BCUT2D eigenvalue weighted by molar-refractivity contribution is 6.33. The van der Waals surface area contributed by atoms with Gasteiger partial charge in [-0.1, -0.05) is 29.3 Å². The molecule has 36 heavy (non-hydrogen) atoms. The molecule has 4 aromatic rings. The molecule has 0 amide bonds. The molecule has 1 heterocycles. The summed E-state index contributed by atoms with van der Waals surface area (Å²) in [7, 11) is 0. The molecule has 184 valence electrons. The lowest BCUT2D eigenvalue weighted by atomic mass is 10.2. The summed E-state index contributed by atoms with van der Waals surface area (Å²) in [5.41, 5.74) is 3.63. The fourth-order valence-corrected chi connectivity index (χ4v) is 3.26. The zero-order chi connectivity index (χ0) is 25.7. The van der Waals surface area contributed by atoms with Crippen LogP contribution >= 0.6 is 23.2 Å². The summed E-state index contributed by atoms with van der Waals surface area (Å²) in [6.45, 7) is 0. The minimum absolute atomic E-state index is 0.0343. The van der Waals surface area contributed by atoms with Gasteiger partial charge in [0.25, 0.3) is 0 Å². The van der Waals surface area contributed by atoms with Crippen molar-refractivity contribution >= 4 is 47.0 Å². The summed E-state index contributed by atoms with van der Waals surface area (Å²) in [6.07, 6.45) is -3.46. The Hall–Kier alpha value is -3.96. The fraction of sp³-hybridized carbons (Fsp3) is 0.0435. The second-order valence-corrected chi connectivity index (χ2v) is 7.87. The van der Waals surface area contributed by atoms with E-state index in [9.17, 15) is 17.6 Å². The number of nitrogens with one attached hydrogen (secondary N) is 2. The summed E-state index contributed by atoms with van der Waals surface area (Å²) in [6, 6.07) is 15.9. The topological polar surface area (TPSA) is 84.3 Å². The molecule has 0 atom stereocenters. The quantitative estimate of drug-likeness (QED) is 0.149. The van der Waals surface area contributed by atoms with Crippen LogP contribution in [0.1, 0.15) is 5.56 Å². The van der Waals surface area contributed by atoms with Gasteiger partial charge in [-0.15, -0.1) is 13.2 Å². The van der Waals surface area contributed by atoms with E-state index in [1.165, 1.54) is 36.5 Å². The molecule has 0 aliphatic carbocycles. The maximum Gasteiger partial charge on any atom is 0.573 e. The SMILES string of the molecule is Fc1cccc(Cl)c1-c1nc(N/N=C\c2ccc(OC(F)(F)F)cc2)nc(Nc2ccc(Cl)cc2)n1. The Morgan fingerprint density at radius 3 is 2.22 bits per heavy atom. The highest BCUT2D eigenvalue weighted by Gasteiger charge is 2.30. The molecule has 0 fully saturated rings. The van der Waals surface area contributed by atoms with Crippen molar-refractivity contribution in [1.82, 2.24) is 15.0 Å². The van der Waals surface area contributed by atoms with Crippen LogP contribution in [0.4, 0.5) is 35.1 Å². The number of hydrazone groups is 1. The Balaban J connectivity index is 1.60. The van der Waals surface area contributed by atoms with Crippen molar-refractivity contribution in [3.63, 3.8) is 0 Å². The molecule has 0 aliphatic rings. The van der Waals surface area contributed by atoms with Gasteiger partial charge in [-0.2, -0.15) is 20.1 Å². The third-order valence-electron chi connectivity index (χ3n) is 4.41. The zero-order valence-corrected chi connectivity index (χ0v) is 19.4. The van der Waals surface area contributed by atoms with Crippen molar-refractivity contribution in [2.24, 2.45) is 5.10 Å². The number of hydrogen-bond donors (Lipinski definition) is 2. The van der Waals surface area contributed by atoms with Crippen molar-refractivity contribution in [2.75, 3.05) is 10.7 Å². The summed E-state index contributed by atoms with van der Waals surface area (Å²) in [5.74, 6) is -1.05. The molecule has 7 nitrogen and oxygen atoms in total. The fourth-order valence-electron chi connectivity index (χ4n) is 2.89. The standard InChI is InChI=1S/C23H14Cl2F4N6O/c24-14-6-8-15(9-7-14)31-21-32-20(19-17(25)2-1-3-18(19)26)33-22(34-21)35-30-12-13-4-10-16(11-5-13)36-23(27,28)29/h1-12H,(H2,31,32,33,34,35)/b30-12-. The van der Waals surface area contributed by atoms with Gasteiger partial charge in [-0.05, 0) is 66.2 Å². The molecule has 0 bridgehead atoms. The second kappa shape index (κ2) is 10.8. The Bertz CT molecular complexity index is 1360. The van der Waals surface area contributed by atoms with Crippen LogP contribution in [0, 0.1) is 5.82 Å². The number of rotatable bonds is 7. The number of anilines is 3. The summed E-state index contributed by atoms with van der Waals surface area (Å²) in [5, 5.41) is 7.59. The molecule has 13 heteroatoms. The normalized spacial score (nSPS) is 11.5. The molecule has 0 spiro atoms. The van der Waals surface area contributed by atoms with Crippen LogP contribution in [-0.2, 0) is 0 Å². The first kappa shape index (κ1) is 25.1. The lowest BCUT2D eigenvalue weighted by Crippen LogP contribution is -2.17. The molecule has 3 aromatic carbocycles. The van der Waals surface area contributed by atoms with Crippen molar-refractivity contribution < 1.29 is 22.3 Å². The summed E-state index contributed by atoms with van der Waals surface area (Å²) in [4.78, 5) is 12.7. The van der Waals surface area contributed by atoms with Crippen LogP contribution in [0.25, 0.3) is 11.4 Å². The number of benzene rings is 3. The van der Waals surface area contributed by atoms with Crippen molar-refractivity contribution in [3.8, 4) is 17.1 Å². The van der Waals surface area contributed by atoms with Gasteiger partial charge in [-0.25, -0.2) is 9.82 Å². The van der Waals surface area contributed by atoms with E-state index in [-0.39, 0.29) is 34.1 Å². The first-order valence-corrected chi connectivity index (χ1v) is 10.8. The number of hydrogen-bond acceptors (Lipinski definition) is 7. The van der Waals surface area contributed by atoms with Crippen LogP contribution < -0.4 is 15.5 Å². The molecule has 1 aromatic heterocycles. The van der Waals surface area contributed by atoms with E-state index in [1.54, 1.807) is 24.3 Å². The molecular weight excluding hydrogens is 523 g/mol. The van der Waals surface area contributed by atoms with E-state index < -0.39 is 12.2 Å². The number of ether oxygens (including phenoxy) is 1. The largest absolute Gasteiger partial charge is 0.573 e. The lowest BCUT2D eigenvalue weighted by Gasteiger charge is -2.10. The number of alkyl halides is 3. The van der Waals surface area contributed by atoms with Gasteiger partial charge in [0.1, 0.15) is 11.6 Å². The smallest absolute Gasteiger partial charge is 0.406 e. The maximum atomic E-state index is 14.5. The van der Waals surface area contributed by atoms with E-state index in [0.29, 0.717) is 16.3 Å². The average Bonchev–Trinajstić information content (AvgIpc) is 2.81. The number of aromatic nitrogens is 3. The van der Waals surface area contributed by atoms with E-state index in [1.807, 2.05) is 0 Å². The number of halogens is 6. The predicted molar refractivity (Wildman–Crippen MR) is 129 cm³/mol. The van der Waals surface area contributed by atoms with Gasteiger partial charge < -0.3 is 10.1 Å². The highest BCUT2D eigenvalue weighted by atomic mass is 35.5. The van der Waals surface area contributed by atoms with E-state index in [2.05, 4.69) is 35.5 Å². The molecule has 2 N–H and O–H groups in total. The Kier molecular flexibility index (Phi) is 7.51. The summed E-state index contributed by atoms with van der Waals surface area (Å²) >= 11 is 12.1. The van der Waals surface area contributed by atoms with Gasteiger partial charge in [0, 0.05) is 10.7 Å². The Morgan fingerprint density at radius 1 is 0.861 bits per heavy atom. The van der Waals surface area contributed by atoms with Crippen LogP contribution in [0.5, 0.6) is 5.75 Å². The molecule has 0 aliphatic heterocycles. The van der Waals surface area contributed by atoms with Gasteiger partial charge in [0.15, 0.2) is 5.82 Å². The Labute approximate surface area is 211 Å². The minimum Gasteiger partial charge on any atom is -0.406 e. The van der Waals surface area contributed by atoms with Gasteiger partial charge in [0.2, 0.25) is 11.9 Å². The second-order valence-electron chi connectivity index (χ2n) is 7.02. The number of nitrogens with zero attached hydrogens (tertiary/aromatic N) is 4. The van der Waals surface area contributed by atoms with Crippen LogP contribution in [0.15, 0.2) is 71.8 Å². The lowest BCUT2D eigenvalue weighted by molar-refractivity contribution is -0.274. The minimum atomic E-state index is -4.79. The average molecular weight is 537 g/mol. The Morgan fingerprint density at radius 2 is 1.56 bits per heavy atom. The molecular formula is C23H14Cl2F4N6O. The monoisotopic (exact) mass is 536 g/mol. The van der Waals surface area contributed by atoms with E-state index in [4.69, 9.17) is 23.2 Å². The molecule has 4 rings (SSSR count). The molecule has 0 saturated carbocycles. The van der Waals surface area contributed by atoms with Gasteiger partial charge in [-0.3, -0.25) is 0 Å². The first-order chi connectivity index (χ1) is 17.2. The highest BCUT2D eigenvalue weighted by Crippen LogP contribution is 2.30. The van der Waals surface area contributed by atoms with Crippen molar-refractivity contribution in [2.45, 2.75) is 6.36 Å². The molecule has 0 radical (unpaired) electrons. The summed E-state index contributed by atoms with van der Waals surface area (Å²) < 4.78 is 55.3. The molecule has 0 saturated heterocycles. The molecule has 0 unspecified atom stereocenters. The van der Waals surface area contributed by atoms with Gasteiger partial charge >= 0.3 is 6.36 Å². The van der Waals surface area contributed by atoms with E-state index in [0.717, 1.165) is 12.1 Å².